The summed E-state index contributed by atoms with van der Waals surface area (Å²) in [5.74, 6) is 1.40. The smallest absolute Gasteiger partial charge is 0.233 e. The molecule has 1 unspecified atom stereocenters. The molecule has 3 heterocycles. The van der Waals surface area contributed by atoms with Gasteiger partial charge in [-0.25, -0.2) is 0 Å². The normalized spacial score (nSPS) is 20.1. The average Bonchev–Trinajstić information content (AvgIpc) is 3.17. The zero-order valence-electron chi connectivity index (χ0n) is 17.2. The fourth-order valence-electron chi connectivity index (χ4n) is 4.03. The molecule has 7 nitrogen and oxygen atoms in total. The van der Waals surface area contributed by atoms with Crippen LogP contribution in [0.25, 0.3) is 5.69 Å². The zero-order chi connectivity index (χ0) is 20.2. The first-order chi connectivity index (χ1) is 14.1. The predicted molar refractivity (Wildman–Crippen MR) is 115 cm³/mol. The first-order valence-electron chi connectivity index (χ1n) is 10.4. The van der Waals surface area contributed by atoms with Crippen molar-refractivity contribution in [1.29, 1.82) is 0 Å². The van der Waals surface area contributed by atoms with Crippen molar-refractivity contribution < 1.29 is 9.53 Å². The van der Waals surface area contributed by atoms with Crippen molar-refractivity contribution in [1.82, 2.24) is 19.7 Å². The van der Waals surface area contributed by atoms with Gasteiger partial charge in [0.1, 0.15) is 0 Å². The number of benzene rings is 1. The van der Waals surface area contributed by atoms with Crippen LogP contribution in [0, 0.1) is 6.92 Å². The number of anilines is 1. The van der Waals surface area contributed by atoms with Crippen LogP contribution in [0.3, 0.4) is 0 Å². The van der Waals surface area contributed by atoms with Crippen LogP contribution in [-0.4, -0.2) is 70.2 Å². The molecule has 1 atom stereocenters. The van der Waals surface area contributed by atoms with Gasteiger partial charge in [0.2, 0.25) is 11.9 Å². The van der Waals surface area contributed by atoms with Gasteiger partial charge in [-0.1, -0.05) is 30.0 Å². The van der Waals surface area contributed by atoms with Crippen molar-refractivity contribution in [3.63, 3.8) is 0 Å². The van der Waals surface area contributed by atoms with Gasteiger partial charge in [-0.05, 0) is 44.7 Å². The van der Waals surface area contributed by atoms with E-state index in [0.29, 0.717) is 25.0 Å². The molecule has 0 spiro atoms. The van der Waals surface area contributed by atoms with E-state index in [0.717, 1.165) is 54.8 Å². The maximum absolute atomic E-state index is 12.8. The molecule has 4 rings (SSSR count). The summed E-state index contributed by atoms with van der Waals surface area (Å²) in [4.78, 5) is 17.1. The molecule has 0 N–H and O–H groups in total. The molecule has 0 aliphatic carbocycles. The summed E-state index contributed by atoms with van der Waals surface area (Å²) in [6.45, 7) is 8.06. The van der Waals surface area contributed by atoms with E-state index in [-0.39, 0.29) is 5.91 Å². The van der Waals surface area contributed by atoms with Crippen LogP contribution < -0.4 is 4.90 Å². The Morgan fingerprint density at radius 3 is 2.72 bits per heavy atom. The number of thioether (sulfide) groups is 1. The van der Waals surface area contributed by atoms with E-state index in [1.165, 1.54) is 18.2 Å². The topological polar surface area (TPSA) is 63.5 Å². The molecular formula is C21H29N5O2S. The van der Waals surface area contributed by atoms with Crippen molar-refractivity contribution in [2.45, 2.75) is 44.3 Å². The van der Waals surface area contributed by atoms with Crippen molar-refractivity contribution in [3.05, 3.63) is 29.8 Å². The lowest BCUT2D eigenvalue weighted by Gasteiger charge is -2.33. The van der Waals surface area contributed by atoms with E-state index in [1.54, 1.807) is 0 Å². The molecule has 1 aromatic heterocycles. The van der Waals surface area contributed by atoms with Crippen LogP contribution >= 0.6 is 11.8 Å². The summed E-state index contributed by atoms with van der Waals surface area (Å²) in [7, 11) is 0. The summed E-state index contributed by atoms with van der Waals surface area (Å²) < 4.78 is 7.59. The molecule has 0 radical (unpaired) electrons. The summed E-state index contributed by atoms with van der Waals surface area (Å²) in [5.41, 5.74) is 2.21. The summed E-state index contributed by atoms with van der Waals surface area (Å²) in [5, 5.41) is 9.73. The number of hydrogen-bond donors (Lipinski definition) is 0. The highest BCUT2D eigenvalue weighted by molar-refractivity contribution is 7.99. The van der Waals surface area contributed by atoms with Crippen LogP contribution in [0.5, 0.6) is 0 Å². The third kappa shape index (κ3) is 4.43. The minimum atomic E-state index is 0.189. The number of rotatable bonds is 5. The van der Waals surface area contributed by atoms with Gasteiger partial charge in [-0.3, -0.25) is 9.36 Å². The molecule has 2 fully saturated rings. The highest BCUT2D eigenvalue weighted by Gasteiger charge is 2.26. The monoisotopic (exact) mass is 415 g/mol. The molecule has 29 heavy (non-hydrogen) atoms. The van der Waals surface area contributed by atoms with E-state index in [4.69, 9.17) is 4.74 Å². The van der Waals surface area contributed by atoms with Crippen LogP contribution in [0.15, 0.2) is 29.4 Å². The fourth-order valence-corrected chi connectivity index (χ4v) is 4.85. The first-order valence-corrected chi connectivity index (χ1v) is 11.4. The number of carbonyl (C=O) groups is 1. The van der Waals surface area contributed by atoms with Gasteiger partial charge in [-0.15, -0.1) is 10.2 Å². The molecule has 2 aliphatic heterocycles. The van der Waals surface area contributed by atoms with Crippen molar-refractivity contribution in [3.8, 4) is 5.69 Å². The van der Waals surface area contributed by atoms with Gasteiger partial charge >= 0.3 is 0 Å². The van der Waals surface area contributed by atoms with Crippen LogP contribution in [-0.2, 0) is 9.53 Å². The highest BCUT2D eigenvalue weighted by atomic mass is 32.2. The van der Waals surface area contributed by atoms with Gasteiger partial charge in [0, 0.05) is 25.7 Å². The zero-order valence-corrected chi connectivity index (χ0v) is 18.0. The molecule has 1 amide bonds. The Bertz CT molecular complexity index is 849. The minimum absolute atomic E-state index is 0.189. The molecule has 2 aliphatic rings. The van der Waals surface area contributed by atoms with Crippen molar-refractivity contribution >= 4 is 23.6 Å². The first kappa shape index (κ1) is 20.2. The third-order valence-electron chi connectivity index (χ3n) is 5.71. The second kappa shape index (κ2) is 9.17. The number of amides is 1. The molecule has 1 aromatic carbocycles. The number of para-hydroxylation sites is 1. The summed E-state index contributed by atoms with van der Waals surface area (Å²) >= 11 is 1.48. The Morgan fingerprint density at radius 2 is 1.97 bits per heavy atom. The van der Waals surface area contributed by atoms with Crippen LogP contribution in [0.4, 0.5) is 5.95 Å². The Hall–Kier alpha value is -2.06. The van der Waals surface area contributed by atoms with Gasteiger partial charge in [0.05, 0.1) is 24.7 Å². The van der Waals surface area contributed by atoms with E-state index in [2.05, 4.69) is 45.6 Å². The number of piperidine rings is 1. The summed E-state index contributed by atoms with van der Waals surface area (Å²) in [6, 6.07) is 8.57. The Balaban J connectivity index is 1.58. The standard InChI is InChI=1S/C21H29N5O2S/c1-16-7-3-4-9-18(16)26-20(24-11-13-28-14-12-24)22-23-21(26)29-15-19(27)25-10-6-5-8-17(25)2/h3-4,7,9,17H,5-6,8,10-15H2,1-2H3. The van der Waals surface area contributed by atoms with E-state index in [9.17, 15) is 4.79 Å². The Labute approximate surface area is 176 Å². The molecule has 8 heteroatoms. The SMILES string of the molecule is Cc1ccccc1-n1c(SCC(=O)N2CCCCC2C)nnc1N1CCOCC1. The number of likely N-dealkylation sites (tertiary alicyclic amines) is 1. The van der Waals surface area contributed by atoms with Gasteiger partial charge in [0.15, 0.2) is 5.16 Å². The number of ether oxygens (including phenoxy) is 1. The number of aromatic nitrogens is 3. The maximum Gasteiger partial charge on any atom is 0.233 e. The van der Waals surface area contributed by atoms with E-state index < -0.39 is 0 Å². The quantitative estimate of drug-likeness (QED) is 0.700. The lowest BCUT2D eigenvalue weighted by atomic mass is 10.0. The second-order valence-electron chi connectivity index (χ2n) is 7.72. The third-order valence-corrected chi connectivity index (χ3v) is 6.63. The van der Waals surface area contributed by atoms with Crippen molar-refractivity contribution in [2.75, 3.05) is 43.5 Å². The molecule has 2 aromatic rings. The van der Waals surface area contributed by atoms with Crippen LogP contribution in [0.2, 0.25) is 0 Å². The number of aryl methyl sites for hydroxylation is 1. The molecule has 0 saturated carbocycles. The average molecular weight is 416 g/mol. The second-order valence-corrected chi connectivity index (χ2v) is 8.67. The molecule has 0 bridgehead atoms. The number of carbonyl (C=O) groups excluding carboxylic acids is 1. The molecular weight excluding hydrogens is 386 g/mol. The Kier molecular flexibility index (Phi) is 6.40. The number of hydrogen-bond acceptors (Lipinski definition) is 6. The lowest BCUT2D eigenvalue weighted by molar-refractivity contribution is -0.131. The fraction of sp³-hybridized carbons (Fsp3) is 0.571. The van der Waals surface area contributed by atoms with E-state index >= 15 is 0 Å². The Morgan fingerprint density at radius 1 is 1.17 bits per heavy atom. The van der Waals surface area contributed by atoms with Gasteiger partial charge in [0.25, 0.3) is 0 Å². The maximum atomic E-state index is 12.8. The van der Waals surface area contributed by atoms with Crippen molar-refractivity contribution in [2.24, 2.45) is 0 Å². The van der Waals surface area contributed by atoms with Gasteiger partial charge in [-0.2, -0.15) is 0 Å². The van der Waals surface area contributed by atoms with Crippen LogP contribution in [0.1, 0.15) is 31.7 Å². The molecule has 156 valence electrons. The predicted octanol–water partition coefficient (Wildman–Crippen LogP) is 2.91. The summed E-state index contributed by atoms with van der Waals surface area (Å²) in [6.07, 6.45) is 3.40. The van der Waals surface area contributed by atoms with E-state index in [1.807, 2.05) is 17.0 Å². The largest absolute Gasteiger partial charge is 0.378 e. The highest BCUT2D eigenvalue weighted by Crippen LogP contribution is 2.29. The lowest BCUT2D eigenvalue weighted by Crippen LogP contribution is -2.43. The number of nitrogens with zero attached hydrogens (tertiary/aromatic N) is 5. The van der Waals surface area contributed by atoms with Gasteiger partial charge < -0.3 is 14.5 Å². The molecule has 2 saturated heterocycles. The minimum Gasteiger partial charge on any atom is -0.378 e. The number of morpholine rings is 1.